The van der Waals surface area contributed by atoms with Crippen molar-refractivity contribution in [2.45, 2.75) is 31.5 Å². The van der Waals surface area contributed by atoms with E-state index in [9.17, 15) is 9.90 Å². The minimum atomic E-state index is -0.599. The highest BCUT2D eigenvalue weighted by Gasteiger charge is 2.34. The summed E-state index contributed by atoms with van der Waals surface area (Å²) in [6, 6.07) is 3.05. The molecule has 9 heteroatoms. The van der Waals surface area contributed by atoms with Gasteiger partial charge in [-0.2, -0.15) is 10.2 Å². The molecule has 3 atom stereocenters. The molecule has 1 saturated carbocycles. The summed E-state index contributed by atoms with van der Waals surface area (Å²) in [5.74, 6) is 0.665. The average Bonchev–Trinajstić information content (AvgIpc) is 3.38. The molecule has 0 spiro atoms. The lowest BCUT2D eigenvalue weighted by Crippen LogP contribution is -2.39. The molecular weight excluding hydrogens is 370 g/mol. The third-order valence-corrected chi connectivity index (χ3v) is 5.00. The third-order valence-electron chi connectivity index (χ3n) is 4.81. The first-order valence-electron chi connectivity index (χ1n) is 8.73. The van der Waals surface area contributed by atoms with Gasteiger partial charge in [-0.25, -0.2) is 0 Å². The standard InChI is InChI=1S/C18H20ClN5O3/c1-23-9-12(6-20-23)16-2-3-17(27-16)18(26)22-14-4-11(5-15(14)25)8-24-10-13(19)7-21-24/h2-3,6-7,9-11,14-15,25H,4-5,8H2,1H3,(H,22,26)/t11?,14-,15-/m1/s1. The van der Waals surface area contributed by atoms with Gasteiger partial charge in [-0.3, -0.25) is 14.2 Å². The molecule has 1 amide bonds. The fourth-order valence-corrected chi connectivity index (χ4v) is 3.68. The lowest BCUT2D eigenvalue weighted by atomic mass is 10.1. The number of halogens is 1. The molecule has 3 heterocycles. The Morgan fingerprint density at radius 2 is 2.19 bits per heavy atom. The summed E-state index contributed by atoms with van der Waals surface area (Å²) in [4.78, 5) is 12.5. The Balaban J connectivity index is 1.37. The first-order valence-corrected chi connectivity index (χ1v) is 9.11. The minimum absolute atomic E-state index is 0.211. The van der Waals surface area contributed by atoms with Crippen LogP contribution < -0.4 is 5.32 Å². The molecule has 2 N–H and O–H groups in total. The Bertz CT molecular complexity index is 946. The molecule has 0 aromatic carbocycles. The number of carbonyl (C=O) groups is 1. The molecule has 27 heavy (non-hydrogen) atoms. The van der Waals surface area contributed by atoms with Crippen molar-refractivity contribution in [3.63, 3.8) is 0 Å². The molecule has 0 aliphatic heterocycles. The van der Waals surface area contributed by atoms with Gasteiger partial charge in [0, 0.05) is 26.0 Å². The van der Waals surface area contributed by atoms with Crippen molar-refractivity contribution in [1.82, 2.24) is 24.9 Å². The quantitative estimate of drug-likeness (QED) is 0.696. The van der Waals surface area contributed by atoms with Crippen LogP contribution in [0.5, 0.6) is 0 Å². The maximum absolute atomic E-state index is 12.5. The van der Waals surface area contributed by atoms with Gasteiger partial charge in [0.2, 0.25) is 0 Å². The molecule has 142 valence electrons. The summed E-state index contributed by atoms with van der Waals surface area (Å²) >= 11 is 5.88. The number of nitrogens with zero attached hydrogens (tertiary/aromatic N) is 4. The Labute approximate surface area is 160 Å². The minimum Gasteiger partial charge on any atom is -0.451 e. The Morgan fingerprint density at radius 1 is 1.33 bits per heavy atom. The smallest absolute Gasteiger partial charge is 0.287 e. The highest BCUT2D eigenvalue weighted by Crippen LogP contribution is 2.28. The van der Waals surface area contributed by atoms with Gasteiger partial charge in [-0.1, -0.05) is 11.6 Å². The summed E-state index contributed by atoms with van der Waals surface area (Å²) in [7, 11) is 1.81. The Morgan fingerprint density at radius 3 is 2.89 bits per heavy atom. The van der Waals surface area contributed by atoms with Gasteiger partial charge in [-0.15, -0.1) is 0 Å². The summed E-state index contributed by atoms with van der Waals surface area (Å²) in [5.41, 5.74) is 0.801. The van der Waals surface area contributed by atoms with Crippen molar-refractivity contribution in [2.75, 3.05) is 0 Å². The van der Waals surface area contributed by atoms with Gasteiger partial charge >= 0.3 is 0 Å². The Kier molecular flexibility index (Phi) is 4.75. The normalized spacial score (nSPS) is 22.3. The van der Waals surface area contributed by atoms with Gasteiger partial charge in [0.25, 0.3) is 5.91 Å². The fourth-order valence-electron chi connectivity index (χ4n) is 3.53. The second-order valence-electron chi connectivity index (χ2n) is 6.93. The second kappa shape index (κ2) is 7.21. The molecule has 8 nitrogen and oxygen atoms in total. The van der Waals surface area contributed by atoms with Crippen molar-refractivity contribution in [3.05, 3.63) is 47.7 Å². The van der Waals surface area contributed by atoms with E-state index < -0.39 is 6.10 Å². The molecule has 3 aromatic rings. The first kappa shape index (κ1) is 17.8. The van der Waals surface area contributed by atoms with E-state index in [-0.39, 0.29) is 23.6 Å². The number of aryl methyl sites for hydroxylation is 1. The van der Waals surface area contributed by atoms with Crippen molar-refractivity contribution < 1.29 is 14.3 Å². The van der Waals surface area contributed by atoms with Crippen LogP contribution in [0.4, 0.5) is 0 Å². The maximum Gasteiger partial charge on any atom is 0.287 e. The largest absolute Gasteiger partial charge is 0.451 e. The molecule has 1 aliphatic rings. The highest BCUT2D eigenvalue weighted by atomic mass is 35.5. The van der Waals surface area contributed by atoms with Gasteiger partial charge in [-0.05, 0) is 30.9 Å². The zero-order chi connectivity index (χ0) is 19.0. The monoisotopic (exact) mass is 389 g/mol. The maximum atomic E-state index is 12.5. The van der Waals surface area contributed by atoms with E-state index >= 15 is 0 Å². The fraction of sp³-hybridized carbons (Fsp3) is 0.389. The molecule has 0 bridgehead atoms. The molecule has 0 saturated heterocycles. The molecule has 4 rings (SSSR count). The van der Waals surface area contributed by atoms with Crippen LogP contribution in [0.2, 0.25) is 5.02 Å². The van der Waals surface area contributed by atoms with E-state index in [1.54, 1.807) is 40.1 Å². The van der Waals surface area contributed by atoms with Crippen molar-refractivity contribution >= 4 is 17.5 Å². The summed E-state index contributed by atoms with van der Waals surface area (Å²) < 4.78 is 9.07. The van der Waals surface area contributed by atoms with Gasteiger partial charge in [0.1, 0.15) is 5.76 Å². The summed E-state index contributed by atoms with van der Waals surface area (Å²) in [6.07, 6.45) is 7.49. The second-order valence-corrected chi connectivity index (χ2v) is 7.37. The summed E-state index contributed by atoms with van der Waals surface area (Å²) in [5, 5.41) is 22.0. The van der Waals surface area contributed by atoms with Gasteiger partial charge in [0.15, 0.2) is 5.76 Å². The van der Waals surface area contributed by atoms with E-state index in [0.29, 0.717) is 30.2 Å². The van der Waals surface area contributed by atoms with Crippen molar-refractivity contribution in [1.29, 1.82) is 0 Å². The topological polar surface area (TPSA) is 98.1 Å². The molecular formula is C18H20ClN5O3. The van der Waals surface area contributed by atoms with Crippen LogP contribution in [0.15, 0.2) is 41.3 Å². The number of nitrogens with one attached hydrogen (secondary N) is 1. The van der Waals surface area contributed by atoms with Crippen LogP contribution >= 0.6 is 11.6 Å². The number of hydrogen-bond acceptors (Lipinski definition) is 5. The molecule has 3 aromatic heterocycles. The number of aromatic nitrogens is 4. The predicted molar refractivity (Wildman–Crippen MR) is 98.1 cm³/mol. The van der Waals surface area contributed by atoms with Crippen molar-refractivity contribution in [3.8, 4) is 11.3 Å². The first-order chi connectivity index (χ1) is 13.0. The van der Waals surface area contributed by atoms with Crippen LogP contribution in [-0.2, 0) is 13.6 Å². The number of rotatable bonds is 5. The lowest BCUT2D eigenvalue weighted by Gasteiger charge is -2.15. The number of aliphatic hydroxyl groups excluding tert-OH is 1. The number of hydrogen-bond donors (Lipinski definition) is 2. The van der Waals surface area contributed by atoms with Crippen LogP contribution in [0.25, 0.3) is 11.3 Å². The molecule has 1 fully saturated rings. The molecule has 1 aliphatic carbocycles. The number of aliphatic hydroxyl groups is 1. The van der Waals surface area contributed by atoms with Gasteiger partial charge < -0.3 is 14.8 Å². The van der Waals surface area contributed by atoms with Crippen molar-refractivity contribution in [2.24, 2.45) is 13.0 Å². The van der Waals surface area contributed by atoms with E-state index in [2.05, 4.69) is 15.5 Å². The SMILES string of the molecule is Cn1cc(-c2ccc(C(=O)N[C@@H]3CC(Cn4cc(Cl)cn4)C[C@H]3O)o2)cn1. The zero-order valence-corrected chi connectivity index (χ0v) is 15.5. The van der Waals surface area contributed by atoms with E-state index in [1.165, 1.54) is 0 Å². The molecule has 1 unspecified atom stereocenters. The van der Waals surface area contributed by atoms with Gasteiger partial charge in [0.05, 0.1) is 35.1 Å². The van der Waals surface area contributed by atoms with Crippen LogP contribution in [0, 0.1) is 5.92 Å². The number of carbonyl (C=O) groups excluding carboxylic acids is 1. The highest BCUT2D eigenvalue weighted by molar-refractivity contribution is 6.30. The lowest BCUT2D eigenvalue weighted by molar-refractivity contribution is 0.0847. The van der Waals surface area contributed by atoms with Crippen LogP contribution in [0.1, 0.15) is 23.4 Å². The van der Waals surface area contributed by atoms with E-state index in [0.717, 1.165) is 5.56 Å². The summed E-state index contributed by atoms with van der Waals surface area (Å²) in [6.45, 7) is 0.655. The average molecular weight is 390 g/mol. The molecule has 0 radical (unpaired) electrons. The third kappa shape index (κ3) is 3.91. The van der Waals surface area contributed by atoms with Crippen LogP contribution in [-0.4, -0.2) is 42.7 Å². The van der Waals surface area contributed by atoms with E-state index in [4.69, 9.17) is 16.0 Å². The Hall–Kier alpha value is -2.58. The predicted octanol–water partition coefficient (Wildman–Crippen LogP) is 2.10. The van der Waals surface area contributed by atoms with Crippen LogP contribution in [0.3, 0.4) is 0 Å². The van der Waals surface area contributed by atoms with E-state index in [1.807, 2.05) is 13.2 Å². The zero-order valence-electron chi connectivity index (χ0n) is 14.7. The number of furan rings is 1. The number of amides is 1.